The fourth-order valence-electron chi connectivity index (χ4n) is 2.16. The standard InChI is InChI=1S/C17H17FN4OS2/c1-11(16(23)19-13-7-5-12(18)6-8-13)25-17-21-20-15(22(17)2)10-14-4-3-9-24-14/h3-9,11H,10H2,1-2H3,(H,19,23). The molecule has 3 aromatic rings. The fourth-order valence-corrected chi connectivity index (χ4v) is 3.69. The molecule has 0 spiro atoms. The van der Waals surface area contributed by atoms with Crippen LogP contribution < -0.4 is 5.32 Å². The Hall–Kier alpha value is -2.19. The Morgan fingerprint density at radius 2 is 2.08 bits per heavy atom. The number of anilines is 1. The van der Waals surface area contributed by atoms with Crippen molar-refractivity contribution in [3.8, 4) is 0 Å². The van der Waals surface area contributed by atoms with E-state index in [1.165, 1.54) is 40.9 Å². The maximum absolute atomic E-state index is 12.9. The van der Waals surface area contributed by atoms with Crippen LogP contribution in [0.4, 0.5) is 10.1 Å². The molecule has 1 atom stereocenters. The molecule has 0 aliphatic heterocycles. The average molecular weight is 376 g/mol. The van der Waals surface area contributed by atoms with Crippen LogP contribution >= 0.6 is 23.1 Å². The first-order valence-electron chi connectivity index (χ1n) is 7.66. The van der Waals surface area contributed by atoms with Gasteiger partial charge >= 0.3 is 0 Å². The largest absolute Gasteiger partial charge is 0.325 e. The Balaban J connectivity index is 1.62. The Labute approximate surface area is 153 Å². The lowest BCUT2D eigenvalue weighted by molar-refractivity contribution is -0.115. The second-order valence-electron chi connectivity index (χ2n) is 5.47. The summed E-state index contributed by atoms with van der Waals surface area (Å²) in [7, 11) is 1.90. The number of amides is 1. The van der Waals surface area contributed by atoms with Crippen molar-refractivity contribution in [2.45, 2.75) is 23.8 Å². The molecule has 1 amide bonds. The number of thiophene rings is 1. The van der Waals surface area contributed by atoms with Crippen molar-refractivity contribution in [2.75, 3.05) is 5.32 Å². The first kappa shape index (κ1) is 17.6. The number of hydrogen-bond donors (Lipinski definition) is 1. The summed E-state index contributed by atoms with van der Waals surface area (Å²) >= 11 is 3.02. The number of benzene rings is 1. The van der Waals surface area contributed by atoms with Gasteiger partial charge in [-0.05, 0) is 42.6 Å². The quantitative estimate of drug-likeness (QED) is 0.666. The van der Waals surface area contributed by atoms with Gasteiger partial charge in [0.25, 0.3) is 0 Å². The molecule has 1 unspecified atom stereocenters. The van der Waals surface area contributed by atoms with Crippen molar-refractivity contribution in [2.24, 2.45) is 7.05 Å². The Kier molecular flexibility index (Phi) is 5.50. The Morgan fingerprint density at radius 3 is 2.76 bits per heavy atom. The van der Waals surface area contributed by atoms with E-state index in [1.807, 2.05) is 23.1 Å². The summed E-state index contributed by atoms with van der Waals surface area (Å²) in [5.74, 6) is 0.355. The molecule has 2 aromatic heterocycles. The van der Waals surface area contributed by atoms with E-state index in [0.717, 1.165) is 12.2 Å². The second kappa shape index (κ2) is 7.79. The van der Waals surface area contributed by atoms with Gasteiger partial charge < -0.3 is 9.88 Å². The number of rotatable bonds is 6. The van der Waals surface area contributed by atoms with E-state index < -0.39 is 0 Å². The molecule has 0 saturated carbocycles. The van der Waals surface area contributed by atoms with Gasteiger partial charge in [0, 0.05) is 24.0 Å². The van der Waals surface area contributed by atoms with Crippen LogP contribution in [0.5, 0.6) is 0 Å². The van der Waals surface area contributed by atoms with Crippen molar-refractivity contribution >= 4 is 34.7 Å². The average Bonchev–Trinajstić information content (AvgIpc) is 3.22. The molecule has 2 heterocycles. The predicted octanol–water partition coefficient (Wildman–Crippen LogP) is 3.73. The lowest BCUT2D eigenvalue weighted by Crippen LogP contribution is -2.22. The summed E-state index contributed by atoms with van der Waals surface area (Å²) in [6.07, 6.45) is 0.720. The second-order valence-corrected chi connectivity index (χ2v) is 7.81. The number of halogens is 1. The van der Waals surface area contributed by atoms with Crippen LogP contribution in [0.3, 0.4) is 0 Å². The van der Waals surface area contributed by atoms with Gasteiger partial charge in [0.2, 0.25) is 5.91 Å². The van der Waals surface area contributed by atoms with Crippen LogP contribution in [0.2, 0.25) is 0 Å². The van der Waals surface area contributed by atoms with E-state index in [9.17, 15) is 9.18 Å². The highest BCUT2D eigenvalue weighted by atomic mass is 32.2. The summed E-state index contributed by atoms with van der Waals surface area (Å²) in [4.78, 5) is 13.5. The molecule has 0 saturated heterocycles. The van der Waals surface area contributed by atoms with Gasteiger partial charge in [0.05, 0.1) is 5.25 Å². The SMILES string of the molecule is CC(Sc1nnc(Cc2cccs2)n1C)C(=O)Nc1ccc(F)cc1. The summed E-state index contributed by atoms with van der Waals surface area (Å²) in [5, 5.41) is 13.5. The van der Waals surface area contributed by atoms with E-state index in [0.29, 0.717) is 10.8 Å². The van der Waals surface area contributed by atoms with Gasteiger partial charge in [0.1, 0.15) is 11.6 Å². The normalized spacial score (nSPS) is 12.1. The van der Waals surface area contributed by atoms with Crippen LogP contribution in [-0.4, -0.2) is 25.9 Å². The summed E-state index contributed by atoms with van der Waals surface area (Å²) in [5.41, 5.74) is 0.565. The zero-order valence-corrected chi connectivity index (χ0v) is 15.4. The Bertz CT molecular complexity index is 846. The highest BCUT2D eigenvalue weighted by Gasteiger charge is 2.19. The predicted molar refractivity (Wildman–Crippen MR) is 98.5 cm³/mol. The molecule has 1 N–H and O–H groups in total. The highest BCUT2D eigenvalue weighted by molar-refractivity contribution is 8.00. The first-order valence-corrected chi connectivity index (χ1v) is 9.42. The molecule has 0 fully saturated rings. The number of nitrogens with zero attached hydrogens (tertiary/aromatic N) is 3. The third-order valence-electron chi connectivity index (χ3n) is 3.60. The van der Waals surface area contributed by atoms with Gasteiger partial charge in [0.15, 0.2) is 5.16 Å². The van der Waals surface area contributed by atoms with Gasteiger partial charge in [-0.3, -0.25) is 4.79 Å². The van der Waals surface area contributed by atoms with Gasteiger partial charge in [-0.1, -0.05) is 17.8 Å². The molecule has 25 heavy (non-hydrogen) atoms. The van der Waals surface area contributed by atoms with Crippen LogP contribution in [0, 0.1) is 5.82 Å². The van der Waals surface area contributed by atoms with Crippen LogP contribution in [0.1, 0.15) is 17.6 Å². The lowest BCUT2D eigenvalue weighted by atomic mass is 10.3. The number of thioether (sulfide) groups is 1. The van der Waals surface area contributed by atoms with Gasteiger partial charge in [-0.2, -0.15) is 0 Å². The first-order chi connectivity index (χ1) is 12.0. The third-order valence-corrected chi connectivity index (χ3v) is 5.61. The van der Waals surface area contributed by atoms with Gasteiger partial charge in [-0.15, -0.1) is 21.5 Å². The minimum atomic E-state index is -0.359. The highest BCUT2D eigenvalue weighted by Crippen LogP contribution is 2.24. The number of hydrogen-bond acceptors (Lipinski definition) is 5. The maximum atomic E-state index is 12.9. The van der Waals surface area contributed by atoms with E-state index in [2.05, 4.69) is 21.6 Å². The van der Waals surface area contributed by atoms with Gasteiger partial charge in [-0.25, -0.2) is 4.39 Å². The zero-order valence-electron chi connectivity index (χ0n) is 13.8. The summed E-state index contributed by atoms with van der Waals surface area (Å²) in [6.45, 7) is 1.80. The fraction of sp³-hybridized carbons (Fsp3) is 0.235. The number of aromatic nitrogens is 3. The van der Waals surface area contributed by atoms with Crippen molar-refractivity contribution in [3.63, 3.8) is 0 Å². The lowest BCUT2D eigenvalue weighted by Gasteiger charge is -2.11. The van der Waals surface area contributed by atoms with Crippen molar-refractivity contribution in [3.05, 3.63) is 58.3 Å². The van der Waals surface area contributed by atoms with E-state index in [1.54, 1.807) is 18.3 Å². The molecule has 0 aliphatic carbocycles. The minimum absolute atomic E-state index is 0.167. The zero-order chi connectivity index (χ0) is 17.8. The summed E-state index contributed by atoms with van der Waals surface area (Å²) in [6, 6.07) is 9.76. The molecule has 130 valence electrons. The number of nitrogens with one attached hydrogen (secondary N) is 1. The molecular weight excluding hydrogens is 359 g/mol. The maximum Gasteiger partial charge on any atom is 0.237 e. The van der Waals surface area contributed by atoms with E-state index in [-0.39, 0.29) is 17.0 Å². The minimum Gasteiger partial charge on any atom is -0.325 e. The van der Waals surface area contributed by atoms with Crippen LogP contribution in [-0.2, 0) is 18.3 Å². The Morgan fingerprint density at radius 1 is 1.32 bits per heavy atom. The van der Waals surface area contributed by atoms with Crippen molar-refractivity contribution < 1.29 is 9.18 Å². The molecule has 1 aromatic carbocycles. The van der Waals surface area contributed by atoms with E-state index >= 15 is 0 Å². The monoisotopic (exact) mass is 376 g/mol. The van der Waals surface area contributed by atoms with Crippen LogP contribution in [0.15, 0.2) is 46.9 Å². The third kappa shape index (κ3) is 4.46. The molecular formula is C17H17FN4OS2. The molecule has 0 aliphatic rings. The number of carbonyl (C=O) groups excluding carboxylic acids is 1. The van der Waals surface area contributed by atoms with Crippen molar-refractivity contribution in [1.82, 2.24) is 14.8 Å². The molecule has 0 radical (unpaired) electrons. The topological polar surface area (TPSA) is 59.8 Å². The molecule has 3 rings (SSSR count). The number of carbonyl (C=O) groups is 1. The van der Waals surface area contributed by atoms with E-state index in [4.69, 9.17) is 0 Å². The molecule has 5 nitrogen and oxygen atoms in total. The summed E-state index contributed by atoms with van der Waals surface area (Å²) < 4.78 is 14.8. The smallest absolute Gasteiger partial charge is 0.237 e. The van der Waals surface area contributed by atoms with Crippen LogP contribution in [0.25, 0.3) is 0 Å². The molecule has 0 bridgehead atoms. The van der Waals surface area contributed by atoms with Crippen molar-refractivity contribution in [1.29, 1.82) is 0 Å². The molecule has 8 heteroatoms.